The van der Waals surface area contributed by atoms with Crippen molar-refractivity contribution < 1.29 is 4.42 Å². The summed E-state index contributed by atoms with van der Waals surface area (Å²) in [4.78, 5) is 0. The van der Waals surface area contributed by atoms with Crippen molar-refractivity contribution in [2.24, 2.45) is 0 Å². The van der Waals surface area contributed by atoms with Gasteiger partial charge < -0.3 is 4.42 Å². The molecule has 0 unspecified atom stereocenters. The van der Waals surface area contributed by atoms with Gasteiger partial charge in [-0.2, -0.15) is 0 Å². The number of rotatable bonds is 10. The molecular formula is C13H23IN2O. The Morgan fingerprint density at radius 2 is 1.47 bits per heavy atom. The molecule has 0 saturated heterocycles. The van der Waals surface area contributed by atoms with Crippen LogP contribution in [0.15, 0.2) is 4.42 Å². The second-order valence-electron chi connectivity index (χ2n) is 4.53. The number of nitrogens with zero attached hydrogens (tertiary/aromatic N) is 2. The third kappa shape index (κ3) is 7.73. The first-order valence-electron chi connectivity index (χ1n) is 6.81. The minimum Gasteiger partial charge on any atom is -0.416 e. The molecule has 1 rings (SSSR count). The summed E-state index contributed by atoms with van der Waals surface area (Å²) in [5.74, 6) is 0.789. The summed E-state index contributed by atoms with van der Waals surface area (Å²) in [5, 5.41) is 7.80. The van der Waals surface area contributed by atoms with Crippen molar-refractivity contribution in [3.63, 3.8) is 0 Å². The van der Waals surface area contributed by atoms with E-state index >= 15 is 0 Å². The maximum atomic E-state index is 5.32. The van der Waals surface area contributed by atoms with Gasteiger partial charge in [0.25, 0.3) is 3.90 Å². The standard InChI is InChI=1S/C13H23IN2O/c1-2-3-4-5-6-7-8-9-10-11-12-15-16-13(14)17-12/h2-11H2,1H3. The van der Waals surface area contributed by atoms with Gasteiger partial charge in [0, 0.05) is 29.0 Å². The van der Waals surface area contributed by atoms with Gasteiger partial charge in [0.15, 0.2) is 0 Å². The van der Waals surface area contributed by atoms with Gasteiger partial charge in [0.05, 0.1) is 0 Å². The highest BCUT2D eigenvalue weighted by molar-refractivity contribution is 14.1. The second kappa shape index (κ2) is 9.85. The third-order valence-corrected chi connectivity index (χ3v) is 3.37. The van der Waals surface area contributed by atoms with Gasteiger partial charge in [-0.3, -0.25) is 0 Å². The number of aromatic nitrogens is 2. The summed E-state index contributed by atoms with van der Waals surface area (Å²) in [7, 11) is 0. The first-order chi connectivity index (χ1) is 8.33. The van der Waals surface area contributed by atoms with E-state index in [4.69, 9.17) is 4.42 Å². The van der Waals surface area contributed by atoms with Crippen LogP contribution >= 0.6 is 22.6 Å². The van der Waals surface area contributed by atoms with Crippen molar-refractivity contribution in [1.29, 1.82) is 0 Å². The molecule has 0 radical (unpaired) electrons. The molecule has 0 aliphatic rings. The van der Waals surface area contributed by atoms with Gasteiger partial charge in [-0.25, -0.2) is 0 Å². The Bertz CT molecular complexity index is 289. The van der Waals surface area contributed by atoms with Gasteiger partial charge in [-0.1, -0.05) is 58.3 Å². The Balaban J connectivity index is 1.84. The molecule has 0 fully saturated rings. The highest BCUT2D eigenvalue weighted by atomic mass is 127. The fraction of sp³-hybridized carbons (Fsp3) is 0.846. The smallest absolute Gasteiger partial charge is 0.278 e. The van der Waals surface area contributed by atoms with E-state index in [1.807, 2.05) is 0 Å². The molecule has 1 heterocycles. The van der Waals surface area contributed by atoms with Crippen molar-refractivity contribution in [2.45, 2.75) is 71.1 Å². The predicted molar refractivity (Wildman–Crippen MR) is 77.9 cm³/mol. The quantitative estimate of drug-likeness (QED) is 0.452. The van der Waals surface area contributed by atoms with Crippen LogP contribution in [0.5, 0.6) is 0 Å². The molecule has 98 valence electrons. The van der Waals surface area contributed by atoms with E-state index in [1.165, 1.54) is 57.8 Å². The summed E-state index contributed by atoms with van der Waals surface area (Å²) in [6.45, 7) is 2.26. The fourth-order valence-electron chi connectivity index (χ4n) is 1.92. The molecule has 0 N–H and O–H groups in total. The van der Waals surface area contributed by atoms with Crippen molar-refractivity contribution >= 4 is 22.6 Å². The van der Waals surface area contributed by atoms with Gasteiger partial charge in [-0.05, 0) is 6.42 Å². The molecule has 4 heteroatoms. The van der Waals surface area contributed by atoms with Gasteiger partial charge in [-0.15, -0.1) is 10.2 Å². The lowest BCUT2D eigenvalue weighted by Crippen LogP contribution is -1.86. The number of hydrogen-bond acceptors (Lipinski definition) is 3. The average Bonchev–Trinajstić information content (AvgIpc) is 2.73. The monoisotopic (exact) mass is 350 g/mol. The molecule has 0 bridgehead atoms. The lowest BCUT2D eigenvalue weighted by Gasteiger charge is -2.00. The zero-order valence-corrected chi connectivity index (χ0v) is 12.9. The Kier molecular flexibility index (Phi) is 8.65. The van der Waals surface area contributed by atoms with E-state index in [9.17, 15) is 0 Å². The number of halogens is 1. The van der Waals surface area contributed by atoms with Crippen LogP contribution in [-0.4, -0.2) is 10.2 Å². The SMILES string of the molecule is CCCCCCCCCCCc1nnc(I)o1. The molecule has 0 aliphatic carbocycles. The Morgan fingerprint density at radius 1 is 0.882 bits per heavy atom. The minimum atomic E-state index is 0.647. The lowest BCUT2D eigenvalue weighted by molar-refractivity contribution is 0.456. The van der Waals surface area contributed by atoms with Crippen molar-refractivity contribution in [2.75, 3.05) is 0 Å². The maximum Gasteiger partial charge on any atom is 0.278 e. The van der Waals surface area contributed by atoms with E-state index in [-0.39, 0.29) is 0 Å². The summed E-state index contributed by atoms with van der Waals surface area (Å²) >= 11 is 2.05. The molecule has 17 heavy (non-hydrogen) atoms. The summed E-state index contributed by atoms with van der Waals surface area (Å²) in [6.07, 6.45) is 13.1. The van der Waals surface area contributed by atoms with E-state index < -0.39 is 0 Å². The van der Waals surface area contributed by atoms with E-state index in [2.05, 4.69) is 39.7 Å². The zero-order chi connectivity index (χ0) is 12.3. The van der Waals surface area contributed by atoms with Gasteiger partial charge in [0.2, 0.25) is 5.89 Å². The van der Waals surface area contributed by atoms with Crippen LogP contribution in [0.4, 0.5) is 0 Å². The van der Waals surface area contributed by atoms with Crippen LogP contribution in [0.2, 0.25) is 0 Å². The van der Waals surface area contributed by atoms with E-state index in [0.29, 0.717) is 3.90 Å². The lowest BCUT2D eigenvalue weighted by atomic mass is 10.1. The van der Waals surface area contributed by atoms with E-state index in [1.54, 1.807) is 0 Å². The largest absolute Gasteiger partial charge is 0.416 e. The van der Waals surface area contributed by atoms with Gasteiger partial charge >= 0.3 is 0 Å². The third-order valence-electron chi connectivity index (χ3n) is 2.94. The molecule has 1 aromatic rings. The molecule has 0 aromatic carbocycles. The van der Waals surface area contributed by atoms with Crippen molar-refractivity contribution in [3.05, 3.63) is 9.79 Å². The van der Waals surface area contributed by atoms with Crippen molar-refractivity contribution in [3.8, 4) is 0 Å². The molecule has 0 saturated carbocycles. The first-order valence-corrected chi connectivity index (χ1v) is 7.88. The second-order valence-corrected chi connectivity index (χ2v) is 5.45. The fourth-order valence-corrected chi connectivity index (χ4v) is 2.28. The summed E-state index contributed by atoms with van der Waals surface area (Å²) < 4.78 is 5.97. The van der Waals surface area contributed by atoms with Crippen molar-refractivity contribution in [1.82, 2.24) is 10.2 Å². The van der Waals surface area contributed by atoms with Gasteiger partial charge in [0.1, 0.15) is 0 Å². The first kappa shape index (κ1) is 14.9. The Hall–Kier alpha value is -0.130. The Labute approximate surface area is 118 Å². The Morgan fingerprint density at radius 3 is 2.00 bits per heavy atom. The summed E-state index contributed by atoms with van der Waals surface area (Å²) in [5.41, 5.74) is 0. The molecule has 1 aromatic heterocycles. The minimum absolute atomic E-state index is 0.647. The number of unbranched alkanes of at least 4 members (excludes halogenated alkanes) is 8. The highest BCUT2D eigenvalue weighted by Gasteiger charge is 2.01. The van der Waals surface area contributed by atoms with E-state index in [0.717, 1.165) is 12.3 Å². The van der Waals surface area contributed by atoms with Crippen LogP contribution in [0.25, 0.3) is 0 Å². The normalized spacial score (nSPS) is 10.9. The maximum absolute atomic E-state index is 5.32. The van der Waals surface area contributed by atoms with Crippen LogP contribution in [-0.2, 0) is 6.42 Å². The number of hydrogen-bond donors (Lipinski definition) is 0. The zero-order valence-electron chi connectivity index (χ0n) is 10.8. The molecule has 0 aliphatic heterocycles. The average molecular weight is 350 g/mol. The predicted octanol–water partition coefficient (Wildman–Crippen LogP) is 4.75. The molecular weight excluding hydrogens is 327 g/mol. The molecule has 3 nitrogen and oxygen atoms in total. The summed E-state index contributed by atoms with van der Waals surface area (Å²) in [6, 6.07) is 0. The van der Waals surface area contributed by atoms with Crippen LogP contribution in [0.1, 0.15) is 70.6 Å². The molecule has 0 amide bonds. The van der Waals surface area contributed by atoms with Crippen LogP contribution in [0, 0.1) is 3.90 Å². The molecule has 0 atom stereocenters. The number of aryl methyl sites for hydroxylation is 1. The molecule has 0 spiro atoms. The van der Waals surface area contributed by atoms with Crippen LogP contribution in [0.3, 0.4) is 0 Å². The topological polar surface area (TPSA) is 38.9 Å². The highest BCUT2D eigenvalue weighted by Crippen LogP contribution is 2.11. The van der Waals surface area contributed by atoms with Crippen LogP contribution < -0.4 is 0 Å².